The summed E-state index contributed by atoms with van der Waals surface area (Å²) in [6.07, 6.45) is 0. The third kappa shape index (κ3) is 2.51. The van der Waals surface area contributed by atoms with Crippen LogP contribution in [0.25, 0.3) is 0 Å². The predicted molar refractivity (Wildman–Crippen MR) is 42.6 cm³/mol. The second-order valence-electron chi connectivity index (χ2n) is 2.20. The summed E-state index contributed by atoms with van der Waals surface area (Å²) in [6, 6.07) is 6.98. The van der Waals surface area contributed by atoms with Crippen molar-refractivity contribution in [2.75, 3.05) is 20.3 Å². The fourth-order valence-electron chi connectivity index (χ4n) is 0.748. The maximum atomic E-state index is 12.8. The molecule has 0 spiro atoms. The first kappa shape index (κ1) is 9.00. The van der Waals surface area contributed by atoms with Crippen molar-refractivity contribution >= 4 is 0 Å². The fraction of sp³-hybridized carbons (Fsp3) is 0.333. The smallest absolute Gasteiger partial charge is 0.165 e. The lowest BCUT2D eigenvalue weighted by Crippen LogP contribution is -2.05. The molecule has 0 heterocycles. The Kier molecular flexibility index (Phi) is 3.54. The first-order valence-corrected chi connectivity index (χ1v) is 3.62. The molecule has 0 bridgehead atoms. The van der Waals surface area contributed by atoms with Gasteiger partial charge in [-0.2, -0.15) is 0 Å². The summed E-state index contributed by atoms with van der Waals surface area (Å²) in [5, 5.41) is 0. The molecule has 0 N–H and O–H groups in total. The van der Waals surface area contributed by atoms with Crippen molar-refractivity contribution in [3.63, 3.8) is 0 Å². The number of hydrogen-bond donors (Lipinski definition) is 0. The molecule has 0 aromatic heterocycles. The fourth-order valence-corrected chi connectivity index (χ4v) is 0.748. The summed E-state index contributed by atoms with van der Waals surface area (Å²) >= 11 is 0. The molecule has 0 aliphatic carbocycles. The molecule has 3 heteroatoms. The minimum absolute atomic E-state index is 0.241. The Bertz CT molecular complexity index is 238. The minimum atomic E-state index is -0.395. The first-order chi connectivity index (χ1) is 5.84. The van der Waals surface area contributed by atoms with Gasteiger partial charge in [0.05, 0.1) is 6.61 Å². The van der Waals surface area contributed by atoms with Crippen LogP contribution < -0.4 is 4.74 Å². The molecule has 0 aliphatic rings. The number of methoxy groups -OCH3 is 1. The molecule has 0 fully saturated rings. The van der Waals surface area contributed by atoms with Gasteiger partial charge in [0.1, 0.15) is 6.61 Å². The molecular formula is C9H10FO2. The van der Waals surface area contributed by atoms with Crippen LogP contribution in [0.1, 0.15) is 0 Å². The van der Waals surface area contributed by atoms with Crippen molar-refractivity contribution in [1.82, 2.24) is 0 Å². The lowest BCUT2D eigenvalue weighted by atomic mass is 10.3. The van der Waals surface area contributed by atoms with Gasteiger partial charge in [-0.15, -0.1) is 0 Å². The van der Waals surface area contributed by atoms with Crippen molar-refractivity contribution in [1.29, 1.82) is 0 Å². The van der Waals surface area contributed by atoms with Crippen LogP contribution in [0.15, 0.2) is 18.2 Å². The van der Waals surface area contributed by atoms with E-state index in [1.54, 1.807) is 13.2 Å². The van der Waals surface area contributed by atoms with Crippen LogP contribution in [0.4, 0.5) is 4.39 Å². The highest BCUT2D eigenvalue weighted by Crippen LogP contribution is 2.14. The van der Waals surface area contributed by atoms with Crippen LogP contribution in [0.2, 0.25) is 0 Å². The van der Waals surface area contributed by atoms with Crippen LogP contribution in [0, 0.1) is 11.9 Å². The normalized spacial score (nSPS) is 9.83. The van der Waals surface area contributed by atoms with E-state index in [4.69, 9.17) is 9.47 Å². The number of ether oxygens (including phenoxy) is 2. The van der Waals surface area contributed by atoms with Crippen LogP contribution in [0.3, 0.4) is 0 Å². The van der Waals surface area contributed by atoms with Crippen molar-refractivity contribution in [2.45, 2.75) is 0 Å². The predicted octanol–water partition coefficient (Wildman–Crippen LogP) is 1.65. The molecule has 1 rings (SSSR count). The summed E-state index contributed by atoms with van der Waals surface area (Å²) < 4.78 is 22.6. The standard InChI is InChI=1S/C9H10FO2/c1-11-6-7-12-9-5-3-2-4-8(9)10/h3-5H,6-7H2,1H3. The van der Waals surface area contributed by atoms with Gasteiger partial charge in [0, 0.05) is 7.11 Å². The lowest BCUT2D eigenvalue weighted by Gasteiger charge is -2.04. The monoisotopic (exact) mass is 169 g/mol. The van der Waals surface area contributed by atoms with Gasteiger partial charge in [-0.25, -0.2) is 4.39 Å². The van der Waals surface area contributed by atoms with Crippen molar-refractivity contribution in [3.8, 4) is 5.75 Å². The van der Waals surface area contributed by atoms with E-state index in [2.05, 4.69) is 6.07 Å². The number of halogens is 1. The second kappa shape index (κ2) is 4.72. The summed E-state index contributed by atoms with van der Waals surface area (Å²) in [5.74, 6) is -0.153. The molecule has 0 unspecified atom stereocenters. The zero-order valence-electron chi connectivity index (χ0n) is 6.84. The van der Waals surface area contributed by atoms with Crippen LogP contribution in [-0.2, 0) is 4.74 Å². The number of rotatable bonds is 4. The van der Waals surface area contributed by atoms with Crippen LogP contribution in [0.5, 0.6) is 5.75 Å². The molecule has 0 amide bonds. The van der Waals surface area contributed by atoms with Crippen molar-refractivity contribution < 1.29 is 13.9 Å². The van der Waals surface area contributed by atoms with E-state index in [1.165, 1.54) is 12.1 Å². The maximum Gasteiger partial charge on any atom is 0.165 e. The van der Waals surface area contributed by atoms with Crippen LogP contribution >= 0.6 is 0 Å². The van der Waals surface area contributed by atoms with Gasteiger partial charge in [-0.3, -0.25) is 0 Å². The average Bonchev–Trinajstić information content (AvgIpc) is 2.09. The van der Waals surface area contributed by atoms with E-state index in [0.717, 1.165) is 0 Å². The Hall–Kier alpha value is -1.09. The quantitative estimate of drug-likeness (QED) is 0.638. The molecule has 0 aliphatic heterocycles. The third-order valence-corrected chi connectivity index (χ3v) is 1.32. The topological polar surface area (TPSA) is 18.5 Å². The Morgan fingerprint density at radius 2 is 2.33 bits per heavy atom. The van der Waals surface area contributed by atoms with Gasteiger partial charge in [-0.05, 0) is 18.2 Å². The summed E-state index contributed by atoms with van der Waals surface area (Å²) in [6.45, 7) is 0.815. The molecule has 0 saturated heterocycles. The molecule has 0 saturated carbocycles. The second-order valence-corrected chi connectivity index (χ2v) is 2.20. The van der Waals surface area contributed by atoms with E-state index >= 15 is 0 Å². The SMILES string of the molecule is COCCOc1cc[c]cc1F. The van der Waals surface area contributed by atoms with Gasteiger partial charge in [-0.1, -0.05) is 6.07 Å². The highest BCUT2D eigenvalue weighted by atomic mass is 19.1. The van der Waals surface area contributed by atoms with E-state index in [-0.39, 0.29) is 5.75 Å². The Balaban J connectivity index is 2.46. The molecular weight excluding hydrogens is 159 g/mol. The highest BCUT2D eigenvalue weighted by Gasteiger charge is 1.99. The van der Waals surface area contributed by atoms with Crippen LogP contribution in [-0.4, -0.2) is 20.3 Å². The minimum Gasteiger partial charge on any atom is -0.488 e. The van der Waals surface area contributed by atoms with Gasteiger partial charge in [0.25, 0.3) is 0 Å². The van der Waals surface area contributed by atoms with E-state index in [1.807, 2.05) is 0 Å². The van der Waals surface area contributed by atoms with Gasteiger partial charge in [0.15, 0.2) is 11.6 Å². The van der Waals surface area contributed by atoms with E-state index in [9.17, 15) is 4.39 Å². The van der Waals surface area contributed by atoms with Gasteiger partial charge in [0.2, 0.25) is 0 Å². The maximum absolute atomic E-state index is 12.8. The van der Waals surface area contributed by atoms with Gasteiger partial charge < -0.3 is 9.47 Å². The molecule has 1 aromatic rings. The highest BCUT2D eigenvalue weighted by molar-refractivity contribution is 5.22. The Labute approximate surface area is 70.9 Å². The molecule has 65 valence electrons. The van der Waals surface area contributed by atoms with Gasteiger partial charge >= 0.3 is 0 Å². The number of hydrogen-bond acceptors (Lipinski definition) is 2. The molecule has 2 nitrogen and oxygen atoms in total. The molecule has 1 radical (unpaired) electrons. The number of benzene rings is 1. The third-order valence-electron chi connectivity index (χ3n) is 1.32. The zero-order chi connectivity index (χ0) is 8.81. The lowest BCUT2D eigenvalue weighted by molar-refractivity contribution is 0.144. The van der Waals surface area contributed by atoms with Crippen molar-refractivity contribution in [2.24, 2.45) is 0 Å². The first-order valence-electron chi connectivity index (χ1n) is 3.62. The Morgan fingerprint density at radius 1 is 1.50 bits per heavy atom. The summed E-state index contributed by atoms with van der Waals surface area (Å²) in [7, 11) is 1.57. The van der Waals surface area contributed by atoms with E-state index < -0.39 is 5.82 Å². The summed E-state index contributed by atoms with van der Waals surface area (Å²) in [5.41, 5.74) is 0. The average molecular weight is 169 g/mol. The largest absolute Gasteiger partial charge is 0.488 e. The Morgan fingerprint density at radius 3 is 3.00 bits per heavy atom. The molecule has 0 atom stereocenters. The molecule has 12 heavy (non-hydrogen) atoms. The molecule has 1 aromatic carbocycles. The zero-order valence-corrected chi connectivity index (χ0v) is 6.84. The summed E-state index contributed by atoms with van der Waals surface area (Å²) in [4.78, 5) is 0. The van der Waals surface area contributed by atoms with E-state index in [0.29, 0.717) is 13.2 Å². The van der Waals surface area contributed by atoms with Crippen molar-refractivity contribution in [3.05, 3.63) is 30.1 Å².